The van der Waals surface area contributed by atoms with Gasteiger partial charge in [-0.2, -0.15) is 0 Å². The minimum Gasteiger partial charge on any atom is -0.493 e. The number of hydrogen-bond acceptors (Lipinski definition) is 4. The number of aromatic nitrogens is 1. The van der Waals surface area contributed by atoms with Crippen LogP contribution in [0.1, 0.15) is 19.5 Å². The SMILES string of the molecule is COc1cnc(C)cc1NCC(=O)NCC(C)C. The fourth-order valence-electron chi connectivity index (χ4n) is 1.40. The maximum atomic E-state index is 11.6. The first-order chi connectivity index (χ1) is 8.52. The van der Waals surface area contributed by atoms with Crippen molar-refractivity contribution in [3.63, 3.8) is 0 Å². The van der Waals surface area contributed by atoms with Crippen molar-refractivity contribution in [1.82, 2.24) is 10.3 Å². The van der Waals surface area contributed by atoms with Crippen molar-refractivity contribution in [3.05, 3.63) is 18.0 Å². The summed E-state index contributed by atoms with van der Waals surface area (Å²) in [6, 6.07) is 1.86. The number of hydrogen-bond donors (Lipinski definition) is 2. The molecule has 0 aliphatic heterocycles. The summed E-state index contributed by atoms with van der Waals surface area (Å²) in [6.07, 6.45) is 1.64. The Kier molecular flexibility index (Phi) is 5.42. The zero-order valence-corrected chi connectivity index (χ0v) is 11.4. The molecule has 1 amide bonds. The molecule has 5 nitrogen and oxygen atoms in total. The van der Waals surface area contributed by atoms with E-state index in [-0.39, 0.29) is 12.5 Å². The first kappa shape index (κ1) is 14.3. The Bertz CT molecular complexity index is 405. The Morgan fingerprint density at radius 3 is 2.83 bits per heavy atom. The van der Waals surface area contributed by atoms with Crippen molar-refractivity contribution in [2.75, 3.05) is 25.5 Å². The minimum absolute atomic E-state index is 0.0276. The van der Waals surface area contributed by atoms with Gasteiger partial charge in [0, 0.05) is 12.2 Å². The van der Waals surface area contributed by atoms with Crippen LogP contribution in [-0.4, -0.2) is 31.1 Å². The molecule has 0 saturated heterocycles. The predicted octanol–water partition coefficient (Wildman–Crippen LogP) is 1.58. The van der Waals surface area contributed by atoms with E-state index >= 15 is 0 Å². The van der Waals surface area contributed by atoms with Gasteiger partial charge in [0.2, 0.25) is 5.91 Å². The molecule has 100 valence electrons. The topological polar surface area (TPSA) is 63.2 Å². The van der Waals surface area contributed by atoms with Gasteiger partial charge in [0.1, 0.15) is 0 Å². The number of rotatable bonds is 6. The van der Waals surface area contributed by atoms with Crippen molar-refractivity contribution in [3.8, 4) is 5.75 Å². The number of nitrogens with zero attached hydrogens (tertiary/aromatic N) is 1. The number of aryl methyl sites for hydroxylation is 1. The molecular formula is C13H21N3O2. The van der Waals surface area contributed by atoms with Gasteiger partial charge in [-0.15, -0.1) is 0 Å². The van der Waals surface area contributed by atoms with Crippen molar-refractivity contribution in [1.29, 1.82) is 0 Å². The van der Waals surface area contributed by atoms with Crippen LogP contribution in [0.2, 0.25) is 0 Å². The van der Waals surface area contributed by atoms with Crippen LogP contribution < -0.4 is 15.4 Å². The largest absolute Gasteiger partial charge is 0.493 e. The first-order valence-corrected chi connectivity index (χ1v) is 6.04. The number of nitrogens with one attached hydrogen (secondary N) is 2. The highest BCUT2D eigenvalue weighted by atomic mass is 16.5. The summed E-state index contributed by atoms with van der Waals surface area (Å²) in [5.74, 6) is 1.06. The molecule has 0 unspecified atom stereocenters. The Balaban J connectivity index is 2.52. The highest BCUT2D eigenvalue weighted by Crippen LogP contribution is 2.22. The second-order valence-corrected chi connectivity index (χ2v) is 4.58. The van der Waals surface area contributed by atoms with E-state index in [0.717, 1.165) is 11.4 Å². The molecule has 1 rings (SSSR count). The summed E-state index contributed by atoms with van der Waals surface area (Å²) in [4.78, 5) is 15.7. The summed E-state index contributed by atoms with van der Waals surface area (Å²) in [5, 5.41) is 5.90. The van der Waals surface area contributed by atoms with Gasteiger partial charge in [0.15, 0.2) is 5.75 Å². The van der Waals surface area contributed by atoms with Crippen LogP contribution in [0.5, 0.6) is 5.75 Å². The average Bonchev–Trinajstić information content (AvgIpc) is 2.34. The highest BCUT2D eigenvalue weighted by Gasteiger charge is 2.06. The van der Waals surface area contributed by atoms with Crippen LogP contribution >= 0.6 is 0 Å². The summed E-state index contributed by atoms with van der Waals surface area (Å²) in [6.45, 7) is 6.93. The summed E-state index contributed by atoms with van der Waals surface area (Å²) >= 11 is 0. The van der Waals surface area contributed by atoms with Crippen LogP contribution in [0.15, 0.2) is 12.3 Å². The fourth-order valence-corrected chi connectivity index (χ4v) is 1.40. The van der Waals surface area contributed by atoms with Gasteiger partial charge in [-0.05, 0) is 18.9 Å². The van der Waals surface area contributed by atoms with Crippen molar-refractivity contribution >= 4 is 11.6 Å². The van der Waals surface area contributed by atoms with Crippen LogP contribution in [0, 0.1) is 12.8 Å². The molecule has 0 radical (unpaired) electrons. The molecule has 2 N–H and O–H groups in total. The van der Waals surface area contributed by atoms with Gasteiger partial charge in [-0.3, -0.25) is 9.78 Å². The van der Waals surface area contributed by atoms with Crippen LogP contribution in [0.3, 0.4) is 0 Å². The van der Waals surface area contributed by atoms with E-state index in [1.54, 1.807) is 13.3 Å². The third kappa shape index (κ3) is 4.61. The van der Waals surface area contributed by atoms with Crippen LogP contribution in [0.4, 0.5) is 5.69 Å². The molecule has 0 saturated carbocycles. The molecule has 1 heterocycles. The molecule has 0 bridgehead atoms. The van der Waals surface area contributed by atoms with Crippen molar-refractivity contribution in [2.45, 2.75) is 20.8 Å². The standard InChI is InChI=1S/C13H21N3O2/c1-9(2)6-16-13(17)8-15-11-5-10(3)14-7-12(11)18-4/h5,7,9H,6,8H2,1-4H3,(H,14,15)(H,16,17). The lowest BCUT2D eigenvalue weighted by Crippen LogP contribution is -2.32. The zero-order chi connectivity index (χ0) is 13.5. The van der Waals surface area contributed by atoms with Crippen LogP contribution in [0.25, 0.3) is 0 Å². The number of carbonyl (C=O) groups is 1. The maximum absolute atomic E-state index is 11.6. The monoisotopic (exact) mass is 251 g/mol. The molecule has 18 heavy (non-hydrogen) atoms. The Morgan fingerprint density at radius 1 is 1.50 bits per heavy atom. The van der Waals surface area contributed by atoms with E-state index in [4.69, 9.17) is 4.74 Å². The van der Waals surface area contributed by atoms with Gasteiger partial charge >= 0.3 is 0 Å². The third-order valence-corrected chi connectivity index (χ3v) is 2.37. The molecule has 0 fully saturated rings. The van der Waals surface area contributed by atoms with E-state index < -0.39 is 0 Å². The second-order valence-electron chi connectivity index (χ2n) is 4.58. The fraction of sp³-hybridized carbons (Fsp3) is 0.538. The number of pyridine rings is 1. The van der Waals surface area contributed by atoms with E-state index in [1.165, 1.54) is 0 Å². The summed E-state index contributed by atoms with van der Waals surface area (Å²) in [5.41, 5.74) is 1.66. The lowest BCUT2D eigenvalue weighted by Gasteiger charge is -2.12. The molecular weight excluding hydrogens is 230 g/mol. The highest BCUT2D eigenvalue weighted by molar-refractivity contribution is 5.81. The lowest BCUT2D eigenvalue weighted by molar-refractivity contribution is -0.119. The van der Waals surface area contributed by atoms with E-state index in [9.17, 15) is 4.79 Å². The van der Waals surface area contributed by atoms with Gasteiger partial charge in [0.25, 0.3) is 0 Å². The third-order valence-electron chi connectivity index (χ3n) is 2.37. The summed E-state index contributed by atoms with van der Waals surface area (Å²) in [7, 11) is 1.58. The Morgan fingerprint density at radius 2 is 2.22 bits per heavy atom. The van der Waals surface area contributed by atoms with Crippen molar-refractivity contribution < 1.29 is 9.53 Å². The molecule has 0 aliphatic carbocycles. The summed E-state index contributed by atoms with van der Waals surface area (Å²) < 4.78 is 5.17. The van der Waals surface area contributed by atoms with Gasteiger partial charge in [0.05, 0.1) is 25.5 Å². The number of anilines is 1. The normalized spacial score (nSPS) is 10.3. The second kappa shape index (κ2) is 6.83. The first-order valence-electron chi connectivity index (χ1n) is 6.04. The predicted molar refractivity (Wildman–Crippen MR) is 71.9 cm³/mol. The van der Waals surface area contributed by atoms with Gasteiger partial charge in [-0.25, -0.2) is 0 Å². The Labute approximate surface area is 108 Å². The van der Waals surface area contributed by atoms with Gasteiger partial charge in [-0.1, -0.05) is 13.8 Å². The molecule has 1 aromatic heterocycles. The Hall–Kier alpha value is -1.78. The maximum Gasteiger partial charge on any atom is 0.239 e. The molecule has 0 atom stereocenters. The smallest absolute Gasteiger partial charge is 0.239 e. The van der Waals surface area contributed by atoms with E-state index in [2.05, 4.69) is 29.5 Å². The van der Waals surface area contributed by atoms with Crippen LogP contribution in [-0.2, 0) is 4.79 Å². The number of amides is 1. The number of ether oxygens (including phenoxy) is 1. The van der Waals surface area contributed by atoms with E-state index in [0.29, 0.717) is 18.2 Å². The molecule has 0 spiro atoms. The quantitative estimate of drug-likeness (QED) is 0.806. The molecule has 5 heteroatoms. The van der Waals surface area contributed by atoms with E-state index in [1.807, 2.05) is 13.0 Å². The minimum atomic E-state index is -0.0276. The number of carbonyl (C=O) groups excluding carboxylic acids is 1. The average molecular weight is 251 g/mol. The van der Waals surface area contributed by atoms with Gasteiger partial charge < -0.3 is 15.4 Å². The molecule has 0 aromatic carbocycles. The zero-order valence-electron chi connectivity index (χ0n) is 11.4. The lowest BCUT2D eigenvalue weighted by atomic mass is 10.2. The van der Waals surface area contributed by atoms with Crippen molar-refractivity contribution in [2.24, 2.45) is 5.92 Å². The molecule has 1 aromatic rings. The molecule has 0 aliphatic rings. The number of methoxy groups -OCH3 is 1.